The average Bonchev–Trinajstić information content (AvgIpc) is 2.68. The summed E-state index contributed by atoms with van der Waals surface area (Å²) in [6.45, 7) is 0. The Bertz CT molecular complexity index is 1070. The molecule has 0 amide bonds. The zero-order chi connectivity index (χ0) is 19.2. The molecule has 0 aliphatic heterocycles. The van der Waals surface area contributed by atoms with Gasteiger partial charge in [0.2, 0.25) is 5.95 Å². The van der Waals surface area contributed by atoms with Crippen molar-refractivity contribution in [3.05, 3.63) is 76.1 Å². The van der Waals surface area contributed by atoms with Gasteiger partial charge in [-0.25, -0.2) is 10.4 Å². The molecule has 1 heterocycles. The number of aromatic amines is 1. The number of hydrogen-bond donors (Lipinski definition) is 4. The van der Waals surface area contributed by atoms with Crippen molar-refractivity contribution < 1.29 is 10.0 Å². The summed E-state index contributed by atoms with van der Waals surface area (Å²) in [5.74, 6) is 0.0763. The summed E-state index contributed by atoms with van der Waals surface area (Å²) < 4.78 is 0. The van der Waals surface area contributed by atoms with Crippen molar-refractivity contribution >= 4 is 24.7 Å². The number of anilines is 1. The number of nitrogens with one attached hydrogen (secondary N) is 2. The van der Waals surface area contributed by atoms with Crippen LogP contribution in [0, 0.1) is 11.3 Å². The van der Waals surface area contributed by atoms with Gasteiger partial charge in [-0.05, 0) is 11.0 Å². The third kappa shape index (κ3) is 4.27. The van der Waals surface area contributed by atoms with E-state index in [1.807, 2.05) is 12.1 Å². The van der Waals surface area contributed by atoms with Crippen LogP contribution in [0.5, 0.6) is 0 Å². The summed E-state index contributed by atoms with van der Waals surface area (Å²) in [5, 5.41) is 31.6. The molecule has 3 rings (SSSR count). The quantitative estimate of drug-likeness (QED) is 0.297. The SMILES string of the molecule is N#Cc1c(-c2ccccc2)nc(NN=Cc2cccc(B(O)O)c2)[nH]c1=O. The highest BCUT2D eigenvalue weighted by atomic mass is 16.4. The fourth-order valence-corrected chi connectivity index (χ4v) is 2.40. The molecule has 0 atom stereocenters. The summed E-state index contributed by atoms with van der Waals surface area (Å²) in [5.41, 5.74) is 3.79. The van der Waals surface area contributed by atoms with Crippen LogP contribution >= 0.6 is 0 Å². The number of nitriles is 1. The number of hydrogen-bond acceptors (Lipinski definition) is 7. The molecule has 0 spiro atoms. The van der Waals surface area contributed by atoms with Crippen LogP contribution in [-0.4, -0.2) is 33.3 Å². The summed E-state index contributed by atoms with van der Waals surface area (Å²) in [4.78, 5) is 18.9. The lowest BCUT2D eigenvalue weighted by Gasteiger charge is -2.06. The van der Waals surface area contributed by atoms with Gasteiger partial charge in [-0.15, -0.1) is 0 Å². The lowest BCUT2D eigenvalue weighted by atomic mass is 9.80. The van der Waals surface area contributed by atoms with Crippen molar-refractivity contribution in [1.29, 1.82) is 5.26 Å². The number of hydrazone groups is 1. The molecule has 27 heavy (non-hydrogen) atoms. The molecule has 0 radical (unpaired) electrons. The van der Waals surface area contributed by atoms with Gasteiger partial charge in [0, 0.05) is 5.56 Å². The standard InChI is InChI=1S/C18H14BN5O3/c20-10-15-16(13-6-2-1-3-7-13)22-18(23-17(15)25)24-21-11-12-5-4-8-14(9-12)19(26)27/h1-9,11,26-27H,(H2,22,23,24,25). The molecule has 9 heteroatoms. The molecule has 4 N–H and O–H groups in total. The summed E-state index contributed by atoms with van der Waals surface area (Å²) >= 11 is 0. The zero-order valence-electron chi connectivity index (χ0n) is 14.0. The third-order valence-electron chi connectivity index (χ3n) is 3.67. The Balaban J connectivity index is 1.88. The van der Waals surface area contributed by atoms with E-state index in [4.69, 9.17) is 0 Å². The number of H-pyrrole nitrogens is 1. The molecule has 0 saturated heterocycles. The van der Waals surface area contributed by atoms with E-state index in [9.17, 15) is 20.1 Å². The molecule has 0 bridgehead atoms. The van der Waals surface area contributed by atoms with Gasteiger partial charge in [0.1, 0.15) is 11.6 Å². The van der Waals surface area contributed by atoms with Crippen molar-refractivity contribution in [3.8, 4) is 17.3 Å². The second kappa shape index (κ2) is 8.10. The normalized spacial score (nSPS) is 10.6. The minimum atomic E-state index is -1.57. The summed E-state index contributed by atoms with van der Waals surface area (Å²) in [6.07, 6.45) is 1.44. The molecular formula is C18H14BN5O3. The predicted molar refractivity (Wildman–Crippen MR) is 102 cm³/mol. The maximum absolute atomic E-state index is 12.2. The van der Waals surface area contributed by atoms with E-state index >= 15 is 0 Å². The van der Waals surface area contributed by atoms with Crippen LogP contribution in [-0.2, 0) is 0 Å². The monoisotopic (exact) mass is 359 g/mol. The number of aromatic nitrogens is 2. The van der Waals surface area contributed by atoms with Crippen LogP contribution < -0.4 is 16.4 Å². The van der Waals surface area contributed by atoms with Crippen LogP contribution in [0.15, 0.2) is 64.5 Å². The van der Waals surface area contributed by atoms with E-state index in [1.54, 1.807) is 48.5 Å². The highest BCUT2D eigenvalue weighted by molar-refractivity contribution is 6.58. The van der Waals surface area contributed by atoms with E-state index in [1.165, 1.54) is 6.21 Å². The topological polar surface area (TPSA) is 134 Å². The molecule has 3 aromatic rings. The molecule has 1 aromatic heterocycles. The predicted octanol–water partition coefficient (Wildman–Crippen LogP) is 0.434. The number of benzene rings is 2. The molecule has 132 valence electrons. The Morgan fingerprint density at radius 1 is 1.19 bits per heavy atom. The highest BCUT2D eigenvalue weighted by Gasteiger charge is 2.13. The molecular weight excluding hydrogens is 345 g/mol. The molecule has 8 nitrogen and oxygen atoms in total. The van der Waals surface area contributed by atoms with Crippen LogP contribution in [0.1, 0.15) is 11.1 Å². The first-order chi connectivity index (χ1) is 13.1. The Morgan fingerprint density at radius 2 is 1.96 bits per heavy atom. The fraction of sp³-hybridized carbons (Fsp3) is 0. The maximum Gasteiger partial charge on any atom is 0.488 e. The fourth-order valence-electron chi connectivity index (χ4n) is 2.40. The Labute approximate surface area is 154 Å². The molecule has 0 saturated carbocycles. The van der Waals surface area contributed by atoms with Crippen molar-refractivity contribution in [2.24, 2.45) is 5.10 Å². The van der Waals surface area contributed by atoms with Gasteiger partial charge >= 0.3 is 7.12 Å². The largest absolute Gasteiger partial charge is 0.488 e. The van der Waals surface area contributed by atoms with Gasteiger partial charge in [-0.3, -0.25) is 9.78 Å². The van der Waals surface area contributed by atoms with E-state index in [0.717, 1.165) is 0 Å². The average molecular weight is 359 g/mol. The van der Waals surface area contributed by atoms with Gasteiger partial charge in [0.15, 0.2) is 0 Å². The minimum absolute atomic E-state index is 0.0763. The second-order valence-electron chi connectivity index (χ2n) is 5.53. The Morgan fingerprint density at radius 3 is 2.67 bits per heavy atom. The first-order valence-corrected chi connectivity index (χ1v) is 7.93. The van der Waals surface area contributed by atoms with E-state index in [2.05, 4.69) is 20.5 Å². The molecule has 2 aromatic carbocycles. The second-order valence-corrected chi connectivity index (χ2v) is 5.53. The summed E-state index contributed by atoms with van der Waals surface area (Å²) in [6, 6.07) is 17.3. The number of rotatable bonds is 5. The summed E-state index contributed by atoms with van der Waals surface area (Å²) in [7, 11) is -1.57. The minimum Gasteiger partial charge on any atom is -0.423 e. The van der Waals surface area contributed by atoms with Crippen molar-refractivity contribution in [1.82, 2.24) is 9.97 Å². The van der Waals surface area contributed by atoms with Gasteiger partial charge in [0.25, 0.3) is 5.56 Å². The van der Waals surface area contributed by atoms with Crippen LogP contribution in [0.3, 0.4) is 0 Å². The van der Waals surface area contributed by atoms with Crippen LogP contribution in [0.25, 0.3) is 11.3 Å². The van der Waals surface area contributed by atoms with Crippen molar-refractivity contribution in [3.63, 3.8) is 0 Å². The molecule has 0 aliphatic rings. The van der Waals surface area contributed by atoms with Gasteiger partial charge in [0.05, 0.1) is 11.9 Å². The first kappa shape index (κ1) is 18.1. The van der Waals surface area contributed by atoms with Gasteiger partial charge in [-0.2, -0.15) is 10.4 Å². The van der Waals surface area contributed by atoms with E-state index in [-0.39, 0.29) is 17.2 Å². The van der Waals surface area contributed by atoms with Crippen molar-refractivity contribution in [2.75, 3.05) is 5.43 Å². The Kier molecular flexibility index (Phi) is 5.42. The van der Waals surface area contributed by atoms with E-state index < -0.39 is 12.7 Å². The Hall–Kier alpha value is -3.74. The van der Waals surface area contributed by atoms with Crippen LogP contribution in [0.4, 0.5) is 5.95 Å². The first-order valence-electron chi connectivity index (χ1n) is 7.93. The highest BCUT2D eigenvalue weighted by Crippen LogP contribution is 2.19. The van der Waals surface area contributed by atoms with Gasteiger partial charge < -0.3 is 10.0 Å². The zero-order valence-corrected chi connectivity index (χ0v) is 14.0. The third-order valence-corrected chi connectivity index (χ3v) is 3.67. The smallest absolute Gasteiger partial charge is 0.423 e. The lowest BCUT2D eigenvalue weighted by molar-refractivity contribution is 0.426. The van der Waals surface area contributed by atoms with Crippen molar-refractivity contribution in [2.45, 2.75) is 0 Å². The molecule has 0 aliphatic carbocycles. The maximum atomic E-state index is 12.2. The molecule has 0 unspecified atom stereocenters. The molecule has 0 fully saturated rings. The van der Waals surface area contributed by atoms with Gasteiger partial charge in [-0.1, -0.05) is 54.6 Å². The number of nitrogens with zero attached hydrogens (tertiary/aromatic N) is 3. The lowest BCUT2D eigenvalue weighted by Crippen LogP contribution is -2.29. The van der Waals surface area contributed by atoms with Crippen LogP contribution in [0.2, 0.25) is 0 Å². The van der Waals surface area contributed by atoms with E-state index in [0.29, 0.717) is 16.6 Å².